The summed E-state index contributed by atoms with van der Waals surface area (Å²) in [5.41, 5.74) is 0. The molecule has 0 heterocycles. The molecule has 0 aliphatic carbocycles. The molecule has 0 atom stereocenters. The smallest absolute Gasteiger partial charge is 0.305 e. The molecule has 0 unspecified atom stereocenters. The largest absolute Gasteiger partial charge is 0.463 e. The van der Waals surface area contributed by atoms with Gasteiger partial charge in [0.1, 0.15) is 6.61 Å². The molecule has 198 valence electrons. The van der Waals surface area contributed by atoms with Gasteiger partial charge in [-0.3, -0.25) is 4.79 Å². The first kappa shape index (κ1) is 32.4. The van der Waals surface area contributed by atoms with Crippen LogP contribution in [-0.4, -0.2) is 50.7 Å². The Kier molecular flexibility index (Phi) is 28.8. The van der Waals surface area contributed by atoms with Crippen LogP contribution in [0.3, 0.4) is 0 Å². The van der Waals surface area contributed by atoms with Crippen LogP contribution in [0.25, 0.3) is 0 Å². The number of hydrogen-bond acceptors (Lipinski definition) is 5. The van der Waals surface area contributed by atoms with E-state index in [1.54, 1.807) is 0 Å². The fourth-order valence-electron chi connectivity index (χ4n) is 4.02. The Morgan fingerprint density at radius 2 is 0.879 bits per heavy atom. The molecule has 0 spiro atoms. The average molecular weight is 473 g/mol. The van der Waals surface area contributed by atoms with Gasteiger partial charge in [-0.25, -0.2) is 0 Å². The fourth-order valence-corrected chi connectivity index (χ4v) is 4.02. The van der Waals surface area contributed by atoms with Crippen LogP contribution in [0.1, 0.15) is 135 Å². The second-order valence-corrected chi connectivity index (χ2v) is 9.28. The van der Waals surface area contributed by atoms with Gasteiger partial charge < -0.3 is 19.3 Å². The van der Waals surface area contributed by atoms with Crippen LogP contribution in [0, 0.1) is 0 Å². The molecule has 0 saturated heterocycles. The van der Waals surface area contributed by atoms with E-state index >= 15 is 0 Å². The van der Waals surface area contributed by atoms with Crippen LogP contribution in [-0.2, 0) is 19.0 Å². The molecule has 0 aliphatic heterocycles. The maximum atomic E-state index is 11.7. The van der Waals surface area contributed by atoms with Crippen LogP contribution in [0.15, 0.2) is 0 Å². The van der Waals surface area contributed by atoms with Gasteiger partial charge in [-0.15, -0.1) is 0 Å². The normalized spacial score (nSPS) is 11.2. The standard InChI is InChI=1S/C28H56O5/c1-2-3-4-5-6-7-8-9-10-11-12-13-14-15-16-17-18-19-20-21-28(30)33-27-26-32-25-24-31-23-22-29/h29H,2-27H2,1H3. The van der Waals surface area contributed by atoms with Gasteiger partial charge in [0.05, 0.1) is 33.0 Å². The van der Waals surface area contributed by atoms with Crippen molar-refractivity contribution in [2.75, 3.05) is 39.6 Å². The summed E-state index contributed by atoms with van der Waals surface area (Å²) < 4.78 is 15.5. The van der Waals surface area contributed by atoms with E-state index in [4.69, 9.17) is 19.3 Å². The molecule has 0 aliphatic rings. The number of rotatable bonds is 28. The van der Waals surface area contributed by atoms with Crippen molar-refractivity contribution in [2.45, 2.75) is 135 Å². The maximum Gasteiger partial charge on any atom is 0.305 e. The summed E-state index contributed by atoms with van der Waals surface area (Å²) in [6, 6.07) is 0. The lowest BCUT2D eigenvalue weighted by atomic mass is 10.0. The molecule has 0 aromatic carbocycles. The molecule has 0 radical (unpaired) electrons. The Labute approximate surface area is 205 Å². The Morgan fingerprint density at radius 3 is 1.30 bits per heavy atom. The topological polar surface area (TPSA) is 65.0 Å². The summed E-state index contributed by atoms with van der Waals surface area (Å²) in [7, 11) is 0. The monoisotopic (exact) mass is 472 g/mol. The summed E-state index contributed by atoms with van der Waals surface area (Å²) in [5, 5.41) is 8.57. The van der Waals surface area contributed by atoms with Crippen LogP contribution >= 0.6 is 0 Å². The number of unbranched alkanes of at least 4 members (excludes halogenated alkanes) is 18. The van der Waals surface area contributed by atoms with Gasteiger partial charge >= 0.3 is 5.97 Å². The molecule has 0 rings (SSSR count). The lowest BCUT2D eigenvalue weighted by Gasteiger charge is -2.06. The number of hydrogen-bond donors (Lipinski definition) is 1. The van der Waals surface area contributed by atoms with Gasteiger partial charge in [0.15, 0.2) is 0 Å². The van der Waals surface area contributed by atoms with Crippen LogP contribution in [0.5, 0.6) is 0 Å². The summed E-state index contributed by atoms with van der Waals surface area (Å²) in [4.78, 5) is 11.7. The minimum atomic E-state index is -0.123. The maximum absolute atomic E-state index is 11.7. The van der Waals surface area contributed by atoms with Gasteiger partial charge in [-0.2, -0.15) is 0 Å². The molecule has 0 fully saturated rings. The van der Waals surface area contributed by atoms with Crippen LogP contribution in [0.4, 0.5) is 0 Å². The highest BCUT2D eigenvalue weighted by atomic mass is 16.6. The molecule has 0 bridgehead atoms. The Bertz CT molecular complexity index is 375. The fraction of sp³-hybridized carbons (Fsp3) is 0.964. The van der Waals surface area contributed by atoms with E-state index in [1.807, 2.05) is 0 Å². The highest BCUT2D eigenvalue weighted by Gasteiger charge is 2.02. The molecule has 1 N–H and O–H groups in total. The van der Waals surface area contributed by atoms with Crippen molar-refractivity contribution in [2.24, 2.45) is 0 Å². The van der Waals surface area contributed by atoms with E-state index in [9.17, 15) is 4.79 Å². The third kappa shape index (κ3) is 29.3. The summed E-state index contributed by atoms with van der Waals surface area (Å²) in [6.07, 6.45) is 26.3. The highest BCUT2D eigenvalue weighted by Crippen LogP contribution is 2.14. The zero-order valence-electron chi connectivity index (χ0n) is 22.0. The number of carbonyl (C=O) groups excluding carboxylic acids is 1. The van der Waals surface area contributed by atoms with Crippen LogP contribution in [0.2, 0.25) is 0 Å². The molecule has 5 nitrogen and oxygen atoms in total. The minimum absolute atomic E-state index is 0.0249. The van der Waals surface area contributed by atoms with E-state index in [-0.39, 0.29) is 12.6 Å². The van der Waals surface area contributed by atoms with Crippen molar-refractivity contribution >= 4 is 5.97 Å². The van der Waals surface area contributed by atoms with Crippen molar-refractivity contribution in [3.05, 3.63) is 0 Å². The second-order valence-electron chi connectivity index (χ2n) is 9.28. The molecule has 0 aromatic rings. The molecule has 0 aromatic heterocycles. The summed E-state index contributed by atoms with van der Waals surface area (Å²) >= 11 is 0. The number of esters is 1. The minimum Gasteiger partial charge on any atom is -0.463 e. The molecule has 0 amide bonds. The van der Waals surface area contributed by atoms with E-state index in [0.29, 0.717) is 39.5 Å². The number of ether oxygens (including phenoxy) is 3. The Morgan fingerprint density at radius 1 is 0.515 bits per heavy atom. The zero-order valence-corrected chi connectivity index (χ0v) is 22.0. The van der Waals surface area contributed by atoms with E-state index in [1.165, 1.54) is 109 Å². The molecule has 33 heavy (non-hydrogen) atoms. The van der Waals surface area contributed by atoms with Gasteiger partial charge in [0.25, 0.3) is 0 Å². The third-order valence-corrected chi connectivity index (χ3v) is 6.08. The van der Waals surface area contributed by atoms with E-state index in [0.717, 1.165) is 12.8 Å². The zero-order chi connectivity index (χ0) is 24.1. The highest BCUT2D eigenvalue weighted by molar-refractivity contribution is 5.69. The Hall–Kier alpha value is -0.650. The van der Waals surface area contributed by atoms with Crippen molar-refractivity contribution in [3.63, 3.8) is 0 Å². The lowest BCUT2D eigenvalue weighted by molar-refractivity contribution is -0.145. The average Bonchev–Trinajstić information content (AvgIpc) is 2.82. The summed E-state index contributed by atoms with van der Waals surface area (Å²) in [6.45, 7) is 4.25. The van der Waals surface area contributed by atoms with Crippen LogP contribution < -0.4 is 0 Å². The number of carbonyl (C=O) groups is 1. The van der Waals surface area contributed by atoms with Crippen molar-refractivity contribution < 1.29 is 24.1 Å². The van der Waals surface area contributed by atoms with E-state index < -0.39 is 0 Å². The second kappa shape index (κ2) is 29.4. The summed E-state index contributed by atoms with van der Waals surface area (Å²) in [5.74, 6) is -0.123. The quantitative estimate of drug-likeness (QED) is 0.0950. The van der Waals surface area contributed by atoms with Gasteiger partial charge in [0.2, 0.25) is 0 Å². The molecular weight excluding hydrogens is 416 g/mol. The predicted molar refractivity (Wildman–Crippen MR) is 138 cm³/mol. The lowest BCUT2D eigenvalue weighted by Crippen LogP contribution is -2.13. The Balaban J connectivity index is 3.11. The first-order valence-corrected chi connectivity index (χ1v) is 14.2. The molecular formula is C28H56O5. The van der Waals surface area contributed by atoms with Gasteiger partial charge in [-0.1, -0.05) is 122 Å². The predicted octanol–water partition coefficient (Wildman–Crippen LogP) is 7.38. The molecule has 0 saturated carbocycles. The SMILES string of the molecule is CCCCCCCCCCCCCCCCCCCCCC(=O)OCCOCCOCCO. The first-order valence-electron chi connectivity index (χ1n) is 14.2. The first-order chi connectivity index (χ1) is 16.3. The third-order valence-electron chi connectivity index (χ3n) is 6.08. The number of aliphatic hydroxyl groups is 1. The number of aliphatic hydroxyl groups excluding tert-OH is 1. The van der Waals surface area contributed by atoms with Gasteiger partial charge in [-0.05, 0) is 6.42 Å². The van der Waals surface area contributed by atoms with Crippen molar-refractivity contribution in [1.82, 2.24) is 0 Å². The molecule has 5 heteroatoms. The van der Waals surface area contributed by atoms with Gasteiger partial charge in [0, 0.05) is 6.42 Å². The van der Waals surface area contributed by atoms with Crippen molar-refractivity contribution in [1.29, 1.82) is 0 Å². The van der Waals surface area contributed by atoms with E-state index in [2.05, 4.69) is 6.92 Å². The van der Waals surface area contributed by atoms with Crippen molar-refractivity contribution in [3.8, 4) is 0 Å².